The Morgan fingerprint density at radius 2 is 1.79 bits per heavy atom. The molecule has 8 nitrogen and oxygen atoms in total. The minimum absolute atomic E-state index is 0.124. The minimum Gasteiger partial charge on any atom is -0.493 e. The first-order valence-electron chi connectivity index (χ1n) is 15.6. The van der Waals surface area contributed by atoms with E-state index in [0.29, 0.717) is 55.6 Å². The third-order valence-corrected chi connectivity index (χ3v) is 9.51. The van der Waals surface area contributed by atoms with E-state index in [1.165, 1.54) is 11.3 Å². The van der Waals surface area contributed by atoms with E-state index in [4.69, 9.17) is 23.9 Å². The molecule has 1 aliphatic heterocycles. The lowest BCUT2D eigenvalue weighted by Gasteiger charge is -2.26. The summed E-state index contributed by atoms with van der Waals surface area (Å²) in [5.74, 6) is 1.13. The first kappa shape index (κ1) is 33.5. The summed E-state index contributed by atoms with van der Waals surface area (Å²) in [4.78, 5) is 33.1. The number of rotatable bonds is 10. The standard InChI is InChI=1S/C38H35IN2O6S/c1-6-45-37(43)33-23(4)40-38-41(34(33)29-16-9-10-17-30(29)47-22(2)3)36(42)32(48-38)19-26-18-27(39)20-31(44-5)35(26)46-21-25-14-11-13-24-12-7-8-15-28(24)25/h7-20,22,34H,6,21H2,1-5H3/b32-19-/t34-/m0/s1. The van der Waals surface area contributed by atoms with Crippen molar-refractivity contribution >= 4 is 56.7 Å². The monoisotopic (exact) mass is 774 g/mol. The quantitative estimate of drug-likeness (QED) is 0.113. The first-order chi connectivity index (χ1) is 23.2. The molecule has 0 unspecified atom stereocenters. The molecule has 0 N–H and O–H groups in total. The Balaban J connectivity index is 1.50. The molecule has 1 aliphatic rings. The topological polar surface area (TPSA) is 88.4 Å². The molecule has 0 fully saturated rings. The summed E-state index contributed by atoms with van der Waals surface area (Å²) in [5, 5.41) is 2.23. The Hall–Kier alpha value is -4.42. The van der Waals surface area contributed by atoms with Crippen molar-refractivity contribution in [2.45, 2.75) is 46.4 Å². The molecular weight excluding hydrogens is 739 g/mol. The van der Waals surface area contributed by atoms with Gasteiger partial charge in [0.1, 0.15) is 18.4 Å². The number of esters is 1. The van der Waals surface area contributed by atoms with Gasteiger partial charge in [0.2, 0.25) is 0 Å². The summed E-state index contributed by atoms with van der Waals surface area (Å²) in [6, 6.07) is 24.8. The highest BCUT2D eigenvalue weighted by Crippen LogP contribution is 2.37. The van der Waals surface area contributed by atoms with Gasteiger partial charge >= 0.3 is 5.97 Å². The van der Waals surface area contributed by atoms with Crippen LogP contribution in [0.3, 0.4) is 0 Å². The fraction of sp³-hybridized carbons (Fsp3) is 0.237. The van der Waals surface area contributed by atoms with Gasteiger partial charge in [-0.05, 0) is 90.9 Å². The van der Waals surface area contributed by atoms with Gasteiger partial charge in [0.05, 0.1) is 35.6 Å². The van der Waals surface area contributed by atoms with Gasteiger partial charge < -0.3 is 18.9 Å². The highest BCUT2D eigenvalue weighted by Gasteiger charge is 2.35. The van der Waals surface area contributed by atoms with E-state index in [-0.39, 0.29) is 18.3 Å². The van der Waals surface area contributed by atoms with Crippen LogP contribution in [-0.4, -0.2) is 30.4 Å². The van der Waals surface area contributed by atoms with Crippen molar-refractivity contribution in [3.05, 3.63) is 130 Å². The van der Waals surface area contributed by atoms with Crippen LogP contribution in [0.2, 0.25) is 0 Å². The highest BCUT2D eigenvalue weighted by molar-refractivity contribution is 14.1. The molecule has 0 aliphatic carbocycles. The molecule has 48 heavy (non-hydrogen) atoms. The van der Waals surface area contributed by atoms with Crippen LogP contribution in [0.25, 0.3) is 16.8 Å². The predicted octanol–water partition coefficient (Wildman–Crippen LogP) is 6.93. The zero-order valence-corrected chi connectivity index (χ0v) is 30.3. The number of halogens is 1. The van der Waals surface area contributed by atoms with Crippen molar-refractivity contribution in [3.8, 4) is 17.2 Å². The second-order valence-corrected chi connectivity index (χ2v) is 13.7. The maximum Gasteiger partial charge on any atom is 0.338 e. The number of aromatic nitrogens is 1. The Bertz CT molecular complexity index is 2230. The van der Waals surface area contributed by atoms with Gasteiger partial charge in [0, 0.05) is 14.7 Å². The summed E-state index contributed by atoms with van der Waals surface area (Å²) < 4.78 is 26.8. The second kappa shape index (κ2) is 14.4. The summed E-state index contributed by atoms with van der Waals surface area (Å²) >= 11 is 3.48. The number of fused-ring (bicyclic) bond motifs is 2. The van der Waals surface area contributed by atoms with Crippen molar-refractivity contribution in [3.63, 3.8) is 0 Å². The molecule has 1 atom stereocenters. The molecular formula is C38H35IN2O6S. The van der Waals surface area contributed by atoms with Crippen molar-refractivity contribution in [2.75, 3.05) is 13.7 Å². The molecule has 10 heteroatoms. The summed E-state index contributed by atoms with van der Waals surface area (Å²) in [6.07, 6.45) is 1.69. The largest absolute Gasteiger partial charge is 0.493 e. The zero-order chi connectivity index (χ0) is 33.9. The molecule has 246 valence electrons. The van der Waals surface area contributed by atoms with Crippen LogP contribution in [0.15, 0.2) is 99.9 Å². The summed E-state index contributed by atoms with van der Waals surface area (Å²) in [7, 11) is 1.60. The molecule has 1 aromatic heterocycles. The summed E-state index contributed by atoms with van der Waals surface area (Å²) in [6.45, 7) is 7.88. The van der Waals surface area contributed by atoms with Crippen LogP contribution in [0, 0.1) is 3.57 Å². The minimum atomic E-state index is -0.801. The maximum absolute atomic E-state index is 14.4. The van der Waals surface area contributed by atoms with Crippen LogP contribution in [0.5, 0.6) is 17.2 Å². The number of carbonyl (C=O) groups is 1. The number of thiazole rings is 1. The molecule has 0 saturated carbocycles. The lowest BCUT2D eigenvalue weighted by molar-refractivity contribution is -0.139. The lowest BCUT2D eigenvalue weighted by atomic mass is 9.95. The Morgan fingerprint density at radius 1 is 1.04 bits per heavy atom. The fourth-order valence-corrected chi connectivity index (χ4v) is 7.52. The van der Waals surface area contributed by atoms with E-state index in [2.05, 4.69) is 40.8 Å². The third kappa shape index (κ3) is 6.64. The average Bonchev–Trinajstić information content (AvgIpc) is 3.37. The van der Waals surface area contributed by atoms with Gasteiger partial charge in [-0.15, -0.1) is 0 Å². The van der Waals surface area contributed by atoms with Crippen molar-refractivity contribution in [1.82, 2.24) is 4.57 Å². The van der Waals surface area contributed by atoms with E-state index in [1.54, 1.807) is 25.5 Å². The number of hydrogen-bond donors (Lipinski definition) is 0. The molecule has 0 bridgehead atoms. The number of allylic oxidation sites excluding steroid dienone is 1. The number of methoxy groups -OCH3 is 1. The number of nitrogens with zero attached hydrogens (tertiary/aromatic N) is 2. The van der Waals surface area contributed by atoms with Crippen molar-refractivity contribution in [2.24, 2.45) is 4.99 Å². The van der Waals surface area contributed by atoms with Crippen LogP contribution in [-0.2, 0) is 16.1 Å². The number of carbonyl (C=O) groups excluding carboxylic acids is 1. The van der Waals surface area contributed by atoms with Gasteiger partial charge in [0.15, 0.2) is 16.3 Å². The van der Waals surface area contributed by atoms with Crippen LogP contribution >= 0.6 is 33.9 Å². The maximum atomic E-state index is 14.4. The number of para-hydroxylation sites is 1. The number of benzene rings is 4. The highest BCUT2D eigenvalue weighted by atomic mass is 127. The summed E-state index contributed by atoms with van der Waals surface area (Å²) in [5.41, 5.74) is 2.88. The molecule has 5 aromatic rings. The number of ether oxygens (including phenoxy) is 4. The van der Waals surface area contributed by atoms with E-state index in [9.17, 15) is 9.59 Å². The lowest BCUT2D eigenvalue weighted by Crippen LogP contribution is -2.40. The first-order valence-corrected chi connectivity index (χ1v) is 17.5. The van der Waals surface area contributed by atoms with Crippen molar-refractivity contribution < 1.29 is 23.7 Å². The van der Waals surface area contributed by atoms with Gasteiger partial charge in [0.25, 0.3) is 5.56 Å². The Morgan fingerprint density at radius 3 is 2.56 bits per heavy atom. The molecule has 2 heterocycles. The molecule has 0 amide bonds. The Labute approximate surface area is 296 Å². The molecule has 0 radical (unpaired) electrons. The van der Waals surface area contributed by atoms with Gasteiger partial charge in [-0.25, -0.2) is 9.79 Å². The zero-order valence-electron chi connectivity index (χ0n) is 27.3. The average molecular weight is 775 g/mol. The number of hydrogen-bond acceptors (Lipinski definition) is 8. The SMILES string of the molecule is CCOC(=O)C1=C(C)N=c2s/c(=C\c3cc(I)cc(OC)c3OCc3cccc4ccccc34)c(=O)n2[C@H]1c1ccccc1OC(C)C. The van der Waals surface area contributed by atoms with Gasteiger partial charge in [-0.3, -0.25) is 9.36 Å². The fourth-order valence-electron chi connectivity index (χ4n) is 5.87. The smallest absolute Gasteiger partial charge is 0.338 e. The van der Waals surface area contributed by atoms with Gasteiger partial charge in [-0.2, -0.15) is 0 Å². The van der Waals surface area contributed by atoms with Crippen LogP contribution < -0.4 is 29.1 Å². The predicted molar refractivity (Wildman–Crippen MR) is 197 cm³/mol. The van der Waals surface area contributed by atoms with E-state index < -0.39 is 12.0 Å². The molecule has 4 aromatic carbocycles. The van der Waals surface area contributed by atoms with Crippen LogP contribution in [0.1, 0.15) is 50.4 Å². The van der Waals surface area contributed by atoms with E-state index in [0.717, 1.165) is 19.9 Å². The van der Waals surface area contributed by atoms with E-state index in [1.807, 2.05) is 80.6 Å². The molecule has 0 spiro atoms. The molecule has 0 saturated heterocycles. The van der Waals surface area contributed by atoms with Crippen LogP contribution in [0.4, 0.5) is 0 Å². The third-order valence-electron chi connectivity index (χ3n) is 7.90. The second-order valence-electron chi connectivity index (χ2n) is 11.5. The van der Waals surface area contributed by atoms with E-state index >= 15 is 0 Å². The van der Waals surface area contributed by atoms with Crippen molar-refractivity contribution in [1.29, 1.82) is 0 Å². The van der Waals surface area contributed by atoms with Gasteiger partial charge in [-0.1, -0.05) is 72.0 Å². The normalized spacial score (nSPS) is 14.6. The Kier molecular flexibility index (Phi) is 10.0. The molecule has 6 rings (SSSR count).